The van der Waals surface area contributed by atoms with E-state index in [1.54, 1.807) is 7.11 Å². The normalized spacial score (nSPS) is 13.7. The number of rotatable bonds is 7. The maximum atomic E-state index is 12.0. The molecule has 3 aromatic rings. The molecule has 0 bridgehead atoms. The smallest absolute Gasteiger partial charge is 0.254 e. The minimum absolute atomic E-state index is 0.127. The van der Waals surface area contributed by atoms with E-state index < -0.39 is 15.9 Å². The van der Waals surface area contributed by atoms with Crippen molar-refractivity contribution < 1.29 is 17.9 Å². The maximum absolute atomic E-state index is 12.0. The summed E-state index contributed by atoms with van der Waals surface area (Å²) in [5.41, 5.74) is 8.78. The molecule has 0 radical (unpaired) electrons. The predicted octanol–water partition coefficient (Wildman–Crippen LogP) is 3.15. The molecule has 1 amide bonds. The molecular formula is C22H23BrN6O4S. The summed E-state index contributed by atoms with van der Waals surface area (Å²) >= 11 is 3.46. The second-order valence-electron chi connectivity index (χ2n) is 7.72. The van der Waals surface area contributed by atoms with Gasteiger partial charge in [0.15, 0.2) is 0 Å². The molecule has 4 N–H and O–H groups in total. The molecule has 0 atom stereocenters. The first-order valence-corrected chi connectivity index (χ1v) is 12.9. The molecule has 0 fully saturated rings. The van der Waals surface area contributed by atoms with E-state index in [-0.39, 0.29) is 23.9 Å². The Balaban J connectivity index is 1.68. The van der Waals surface area contributed by atoms with Crippen LogP contribution in [0.2, 0.25) is 0 Å². The van der Waals surface area contributed by atoms with Crippen LogP contribution in [0, 0.1) is 0 Å². The number of aromatic nitrogens is 2. The highest BCUT2D eigenvalue weighted by Gasteiger charge is 2.25. The minimum Gasteiger partial charge on any atom is -0.495 e. The molecule has 1 aromatic heterocycles. The van der Waals surface area contributed by atoms with Gasteiger partial charge in [-0.3, -0.25) is 4.79 Å². The number of nitrogens with one attached hydrogen (secondary N) is 2. The molecule has 2 heterocycles. The molecule has 2 aromatic carbocycles. The van der Waals surface area contributed by atoms with Crippen LogP contribution in [0.4, 0.5) is 23.1 Å². The van der Waals surface area contributed by atoms with Crippen molar-refractivity contribution in [2.45, 2.75) is 13.0 Å². The van der Waals surface area contributed by atoms with Gasteiger partial charge in [-0.05, 0) is 57.7 Å². The van der Waals surface area contributed by atoms with E-state index in [9.17, 15) is 13.2 Å². The van der Waals surface area contributed by atoms with Gasteiger partial charge >= 0.3 is 0 Å². The lowest BCUT2D eigenvalue weighted by Crippen LogP contribution is -2.35. The van der Waals surface area contributed by atoms with E-state index in [1.165, 1.54) is 16.8 Å². The number of primary amides is 1. The van der Waals surface area contributed by atoms with Crippen molar-refractivity contribution in [1.29, 1.82) is 0 Å². The standard InChI is InChI=1S/C22H23BrN6O4S/c1-33-19-10-13-7-8-29(34(2,31)32)12-14(13)9-18(19)27-22-25-11-15(20(24)30)21(28-22)26-17-6-4-3-5-16(17)23/h3-6,9-11H,7-8,12H2,1-2H3,(H2,24,30)(H2,25,26,27,28). The van der Waals surface area contributed by atoms with Crippen LogP contribution < -0.4 is 21.1 Å². The quantitative estimate of drug-likeness (QED) is 0.410. The van der Waals surface area contributed by atoms with Crippen molar-refractivity contribution in [3.05, 3.63) is 63.8 Å². The molecule has 0 aliphatic carbocycles. The highest BCUT2D eigenvalue weighted by Crippen LogP contribution is 2.34. The molecule has 4 rings (SSSR count). The average Bonchev–Trinajstić information content (AvgIpc) is 2.79. The molecular weight excluding hydrogens is 524 g/mol. The number of benzene rings is 2. The van der Waals surface area contributed by atoms with Crippen molar-refractivity contribution in [2.75, 3.05) is 30.5 Å². The number of fused-ring (bicyclic) bond motifs is 1. The van der Waals surface area contributed by atoms with Gasteiger partial charge in [0.2, 0.25) is 16.0 Å². The number of nitrogens with two attached hydrogens (primary N) is 1. The third-order valence-corrected chi connectivity index (χ3v) is 7.34. The molecule has 0 saturated carbocycles. The Hall–Kier alpha value is -3.22. The van der Waals surface area contributed by atoms with E-state index in [1.807, 2.05) is 36.4 Å². The zero-order valence-electron chi connectivity index (χ0n) is 18.5. The number of halogens is 1. The van der Waals surface area contributed by atoms with Gasteiger partial charge in [0.1, 0.15) is 17.1 Å². The van der Waals surface area contributed by atoms with Crippen LogP contribution in [-0.2, 0) is 23.0 Å². The number of amides is 1. The molecule has 0 spiro atoms. The topological polar surface area (TPSA) is 140 Å². The molecule has 1 aliphatic rings. The summed E-state index contributed by atoms with van der Waals surface area (Å²) in [4.78, 5) is 20.6. The van der Waals surface area contributed by atoms with E-state index in [0.29, 0.717) is 30.1 Å². The average molecular weight is 547 g/mol. The minimum atomic E-state index is -3.31. The van der Waals surface area contributed by atoms with E-state index in [4.69, 9.17) is 10.5 Å². The summed E-state index contributed by atoms with van der Waals surface area (Å²) in [5, 5.41) is 6.22. The summed E-state index contributed by atoms with van der Waals surface area (Å²) in [6.45, 7) is 0.687. The van der Waals surface area contributed by atoms with Gasteiger partial charge in [-0.15, -0.1) is 0 Å². The Kier molecular flexibility index (Phi) is 6.73. The van der Waals surface area contributed by atoms with Crippen molar-refractivity contribution in [3.63, 3.8) is 0 Å². The largest absolute Gasteiger partial charge is 0.495 e. The Labute approximate surface area is 205 Å². The van der Waals surface area contributed by atoms with Gasteiger partial charge in [0.25, 0.3) is 5.91 Å². The number of hydrogen-bond donors (Lipinski definition) is 3. The molecule has 0 unspecified atom stereocenters. The monoisotopic (exact) mass is 546 g/mol. The van der Waals surface area contributed by atoms with E-state index >= 15 is 0 Å². The third-order valence-electron chi connectivity index (χ3n) is 5.40. The van der Waals surface area contributed by atoms with Crippen LogP contribution in [0.3, 0.4) is 0 Å². The molecule has 34 heavy (non-hydrogen) atoms. The van der Waals surface area contributed by atoms with Crippen LogP contribution in [0.5, 0.6) is 5.75 Å². The fourth-order valence-electron chi connectivity index (χ4n) is 3.64. The summed E-state index contributed by atoms with van der Waals surface area (Å²) in [6.07, 6.45) is 3.13. The number of anilines is 4. The first-order valence-electron chi connectivity index (χ1n) is 10.3. The number of methoxy groups -OCH3 is 1. The van der Waals surface area contributed by atoms with Crippen LogP contribution in [0.15, 0.2) is 47.1 Å². The second-order valence-corrected chi connectivity index (χ2v) is 10.6. The Morgan fingerprint density at radius 2 is 1.94 bits per heavy atom. The number of hydrogen-bond acceptors (Lipinski definition) is 8. The molecule has 12 heteroatoms. The Bertz CT molecular complexity index is 1370. The third kappa shape index (κ3) is 5.13. The summed E-state index contributed by atoms with van der Waals surface area (Å²) in [7, 11) is -1.76. The van der Waals surface area contributed by atoms with Gasteiger partial charge in [0.05, 0.1) is 24.7 Å². The van der Waals surface area contributed by atoms with Crippen LogP contribution in [0.1, 0.15) is 21.5 Å². The lowest BCUT2D eigenvalue weighted by molar-refractivity contribution is 0.100. The van der Waals surface area contributed by atoms with Crippen molar-refractivity contribution >= 4 is 55.0 Å². The molecule has 10 nitrogen and oxygen atoms in total. The Morgan fingerprint density at radius 1 is 1.18 bits per heavy atom. The lowest BCUT2D eigenvalue weighted by Gasteiger charge is -2.28. The zero-order valence-corrected chi connectivity index (χ0v) is 20.9. The molecule has 1 aliphatic heterocycles. The van der Waals surface area contributed by atoms with Gasteiger partial charge < -0.3 is 21.1 Å². The summed E-state index contributed by atoms with van der Waals surface area (Å²) in [6, 6.07) is 11.1. The van der Waals surface area contributed by atoms with Crippen LogP contribution in [-0.4, -0.2) is 48.5 Å². The van der Waals surface area contributed by atoms with E-state index in [0.717, 1.165) is 15.6 Å². The van der Waals surface area contributed by atoms with E-state index in [2.05, 4.69) is 36.5 Å². The first-order chi connectivity index (χ1) is 16.2. The van der Waals surface area contributed by atoms with Crippen LogP contribution >= 0.6 is 15.9 Å². The molecule has 0 saturated heterocycles. The van der Waals surface area contributed by atoms with Gasteiger partial charge in [-0.2, -0.15) is 9.29 Å². The second kappa shape index (κ2) is 9.57. The lowest BCUT2D eigenvalue weighted by atomic mass is 9.99. The highest BCUT2D eigenvalue weighted by molar-refractivity contribution is 9.10. The van der Waals surface area contributed by atoms with Gasteiger partial charge in [-0.25, -0.2) is 13.4 Å². The number of carbonyl (C=O) groups is 1. The SMILES string of the molecule is COc1cc2c(cc1Nc1ncc(C(N)=O)c(Nc3ccccc3Br)n1)CN(S(C)(=O)=O)CC2. The predicted molar refractivity (Wildman–Crippen MR) is 133 cm³/mol. The summed E-state index contributed by atoms with van der Waals surface area (Å²) < 4.78 is 31.8. The van der Waals surface area contributed by atoms with Crippen LogP contribution in [0.25, 0.3) is 0 Å². The van der Waals surface area contributed by atoms with Gasteiger partial charge in [0, 0.05) is 23.8 Å². The summed E-state index contributed by atoms with van der Waals surface area (Å²) in [5.74, 6) is 0.327. The number of para-hydroxylation sites is 1. The first kappa shape index (κ1) is 23.9. The Morgan fingerprint density at radius 3 is 2.62 bits per heavy atom. The fourth-order valence-corrected chi connectivity index (χ4v) is 4.82. The number of carbonyl (C=O) groups excluding carboxylic acids is 1. The maximum Gasteiger partial charge on any atom is 0.254 e. The van der Waals surface area contributed by atoms with Crippen molar-refractivity contribution in [3.8, 4) is 5.75 Å². The zero-order chi connectivity index (χ0) is 24.5. The number of nitrogens with zero attached hydrogens (tertiary/aromatic N) is 3. The fraction of sp³-hybridized carbons (Fsp3) is 0.227. The molecule has 178 valence electrons. The highest BCUT2D eigenvalue weighted by atomic mass is 79.9. The van der Waals surface area contributed by atoms with Gasteiger partial charge in [-0.1, -0.05) is 12.1 Å². The van der Waals surface area contributed by atoms with Crippen molar-refractivity contribution in [1.82, 2.24) is 14.3 Å². The van der Waals surface area contributed by atoms with Crippen molar-refractivity contribution in [2.24, 2.45) is 5.73 Å². The number of sulfonamides is 1. The number of ether oxygens (including phenoxy) is 1.